The van der Waals surface area contributed by atoms with Crippen LogP contribution < -0.4 is 11.2 Å². The topological polar surface area (TPSA) is 50.4 Å². The van der Waals surface area contributed by atoms with Gasteiger partial charge in [-0.05, 0) is 25.1 Å². The highest BCUT2D eigenvalue weighted by Crippen LogP contribution is 1.99. The van der Waals surface area contributed by atoms with Crippen LogP contribution in [0.3, 0.4) is 0 Å². The van der Waals surface area contributed by atoms with E-state index in [2.05, 4.69) is 29.7 Å². The van der Waals surface area contributed by atoms with Crippen molar-refractivity contribution in [3.05, 3.63) is 0 Å². The quantitative estimate of drug-likeness (QED) is 0.288. The van der Waals surface area contributed by atoms with Gasteiger partial charge in [0, 0.05) is 6.21 Å². The van der Waals surface area contributed by atoms with E-state index in [0.29, 0.717) is 0 Å². The standard InChI is InChI=1S/C8H17N3S/c1-2-3-4-5-6-7-10-11-8(9)12/h7H,2-6H2,1H3,(H3,9,11,12). The van der Waals surface area contributed by atoms with Gasteiger partial charge in [0.05, 0.1) is 0 Å². The van der Waals surface area contributed by atoms with Gasteiger partial charge >= 0.3 is 0 Å². The summed E-state index contributed by atoms with van der Waals surface area (Å²) in [4.78, 5) is 0. The van der Waals surface area contributed by atoms with Crippen molar-refractivity contribution in [2.75, 3.05) is 0 Å². The molecule has 0 aliphatic rings. The Bertz CT molecular complexity index is 145. The maximum atomic E-state index is 5.16. The first-order valence-electron chi connectivity index (χ1n) is 4.34. The Morgan fingerprint density at radius 1 is 1.50 bits per heavy atom. The molecule has 0 amide bonds. The third kappa shape index (κ3) is 9.36. The highest BCUT2D eigenvalue weighted by molar-refractivity contribution is 7.80. The van der Waals surface area contributed by atoms with E-state index >= 15 is 0 Å². The minimum Gasteiger partial charge on any atom is -0.375 e. The molecule has 0 atom stereocenters. The molecule has 0 fully saturated rings. The number of nitrogens with zero attached hydrogens (tertiary/aromatic N) is 1. The number of nitrogens with one attached hydrogen (secondary N) is 1. The summed E-state index contributed by atoms with van der Waals surface area (Å²) in [5.74, 6) is 0. The molecule has 0 spiro atoms. The van der Waals surface area contributed by atoms with Crippen LogP contribution in [0.25, 0.3) is 0 Å². The van der Waals surface area contributed by atoms with Gasteiger partial charge in [-0.25, -0.2) is 0 Å². The number of unbranched alkanes of at least 4 members (excludes halogenated alkanes) is 4. The van der Waals surface area contributed by atoms with E-state index in [9.17, 15) is 0 Å². The maximum absolute atomic E-state index is 5.16. The van der Waals surface area contributed by atoms with Gasteiger partial charge in [-0.2, -0.15) is 5.10 Å². The monoisotopic (exact) mass is 187 g/mol. The summed E-state index contributed by atoms with van der Waals surface area (Å²) >= 11 is 4.57. The molecule has 0 aliphatic heterocycles. The molecular formula is C8H17N3S. The molecule has 0 unspecified atom stereocenters. The molecule has 12 heavy (non-hydrogen) atoms. The van der Waals surface area contributed by atoms with Gasteiger partial charge in [-0.3, -0.25) is 5.43 Å². The van der Waals surface area contributed by atoms with Crippen molar-refractivity contribution in [2.24, 2.45) is 10.8 Å². The van der Waals surface area contributed by atoms with Gasteiger partial charge in [-0.1, -0.05) is 26.2 Å². The molecule has 3 N–H and O–H groups in total. The third-order valence-electron chi connectivity index (χ3n) is 1.45. The molecular weight excluding hydrogens is 170 g/mol. The number of hydrogen-bond acceptors (Lipinski definition) is 2. The normalized spacial score (nSPS) is 10.4. The van der Waals surface area contributed by atoms with Gasteiger partial charge in [0.15, 0.2) is 5.11 Å². The van der Waals surface area contributed by atoms with Crippen molar-refractivity contribution in [2.45, 2.75) is 39.0 Å². The summed E-state index contributed by atoms with van der Waals surface area (Å²) in [6.07, 6.45) is 7.84. The van der Waals surface area contributed by atoms with E-state index in [1.807, 2.05) is 6.21 Å². The van der Waals surface area contributed by atoms with E-state index < -0.39 is 0 Å². The van der Waals surface area contributed by atoms with Gasteiger partial charge in [0.25, 0.3) is 0 Å². The van der Waals surface area contributed by atoms with Crippen molar-refractivity contribution in [3.8, 4) is 0 Å². The Hall–Kier alpha value is -0.640. The molecule has 0 saturated heterocycles. The molecule has 0 aromatic heterocycles. The fourth-order valence-electron chi connectivity index (χ4n) is 0.836. The molecule has 0 bridgehead atoms. The Morgan fingerprint density at radius 3 is 2.83 bits per heavy atom. The Kier molecular flexibility index (Phi) is 8.01. The molecule has 0 saturated carbocycles. The van der Waals surface area contributed by atoms with Crippen molar-refractivity contribution in [3.63, 3.8) is 0 Å². The predicted molar refractivity (Wildman–Crippen MR) is 57.2 cm³/mol. The molecule has 0 rings (SSSR count). The lowest BCUT2D eigenvalue weighted by Gasteiger charge is -1.95. The fourth-order valence-corrected chi connectivity index (χ4v) is 0.889. The second kappa shape index (κ2) is 8.46. The number of rotatable bonds is 6. The van der Waals surface area contributed by atoms with E-state index in [4.69, 9.17) is 5.73 Å². The van der Waals surface area contributed by atoms with Crippen LogP contribution in [0.4, 0.5) is 0 Å². The zero-order chi connectivity index (χ0) is 9.23. The number of nitrogens with two attached hydrogens (primary N) is 1. The Morgan fingerprint density at radius 2 is 2.25 bits per heavy atom. The second-order valence-electron chi connectivity index (χ2n) is 2.64. The molecule has 70 valence electrons. The lowest BCUT2D eigenvalue weighted by molar-refractivity contribution is 0.684. The minimum atomic E-state index is 0.222. The van der Waals surface area contributed by atoms with Crippen LogP contribution >= 0.6 is 12.2 Å². The molecule has 0 aromatic rings. The Balaban J connectivity index is 3.08. The minimum absolute atomic E-state index is 0.222. The molecule has 4 heteroatoms. The van der Waals surface area contributed by atoms with Crippen molar-refractivity contribution < 1.29 is 0 Å². The fraction of sp³-hybridized carbons (Fsp3) is 0.750. The first-order valence-corrected chi connectivity index (χ1v) is 4.75. The third-order valence-corrected chi connectivity index (χ3v) is 1.54. The summed E-state index contributed by atoms with van der Waals surface area (Å²) in [6, 6.07) is 0. The molecule has 3 nitrogen and oxygen atoms in total. The number of hydrazone groups is 1. The van der Waals surface area contributed by atoms with Gasteiger partial charge in [-0.15, -0.1) is 0 Å². The maximum Gasteiger partial charge on any atom is 0.184 e. The highest BCUT2D eigenvalue weighted by Gasteiger charge is 1.84. The lowest BCUT2D eigenvalue weighted by Crippen LogP contribution is -2.23. The van der Waals surface area contributed by atoms with Crippen LogP contribution in [0.5, 0.6) is 0 Å². The molecule has 0 heterocycles. The smallest absolute Gasteiger partial charge is 0.184 e. The van der Waals surface area contributed by atoms with Crippen LogP contribution in [-0.2, 0) is 0 Å². The first kappa shape index (κ1) is 11.4. The summed E-state index contributed by atoms with van der Waals surface area (Å²) in [5.41, 5.74) is 7.68. The van der Waals surface area contributed by atoms with E-state index in [-0.39, 0.29) is 5.11 Å². The van der Waals surface area contributed by atoms with Gasteiger partial charge < -0.3 is 5.73 Å². The van der Waals surface area contributed by atoms with E-state index in [1.54, 1.807) is 0 Å². The van der Waals surface area contributed by atoms with Crippen molar-refractivity contribution >= 4 is 23.5 Å². The number of hydrogen-bond donors (Lipinski definition) is 2. The van der Waals surface area contributed by atoms with Gasteiger partial charge in [0.1, 0.15) is 0 Å². The summed E-state index contributed by atoms with van der Waals surface area (Å²) < 4.78 is 0. The summed E-state index contributed by atoms with van der Waals surface area (Å²) in [5, 5.41) is 4.05. The summed E-state index contributed by atoms with van der Waals surface area (Å²) in [6.45, 7) is 2.20. The average Bonchev–Trinajstić information content (AvgIpc) is 2.02. The van der Waals surface area contributed by atoms with E-state index in [1.165, 1.54) is 25.7 Å². The molecule has 0 aliphatic carbocycles. The predicted octanol–water partition coefficient (Wildman–Crippen LogP) is 1.78. The van der Waals surface area contributed by atoms with Crippen LogP contribution in [-0.4, -0.2) is 11.3 Å². The van der Waals surface area contributed by atoms with Crippen LogP contribution in [0.2, 0.25) is 0 Å². The first-order chi connectivity index (χ1) is 5.77. The van der Waals surface area contributed by atoms with Crippen molar-refractivity contribution in [1.82, 2.24) is 5.43 Å². The van der Waals surface area contributed by atoms with Gasteiger partial charge in [0.2, 0.25) is 0 Å². The zero-order valence-corrected chi connectivity index (χ0v) is 8.36. The average molecular weight is 187 g/mol. The summed E-state index contributed by atoms with van der Waals surface area (Å²) in [7, 11) is 0. The molecule has 0 aromatic carbocycles. The number of thiocarbonyl (C=S) groups is 1. The lowest BCUT2D eigenvalue weighted by atomic mass is 10.2. The zero-order valence-electron chi connectivity index (χ0n) is 7.55. The van der Waals surface area contributed by atoms with E-state index in [0.717, 1.165) is 6.42 Å². The SMILES string of the molecule is CCCCCCC=NNC(N)=S. The second-order valence-corrected chi connectivity index (χ2v) is 3.08. The largest absolute Gasteiger partial charge is 0.375 e. The Labute approximate surface area is 79.4 Å². The van der Waals surface area contributed by atoms with Crippen molar-refractivity contribution in [1.29, 1.82) is 0 Å². The van der Waals surface area contributed by atoms with Crippen LogP contribution in [0, 0.1) is 0 Å². The highest BCUT2D eigenvalue weighted by atomic mass is 32.1. The molecule has 0 radical (unpaired) electrons. The van der Waals surface area contributed by atoms with Crippen LogP contribution in [0.15, 0.2) is 5.10 Å². The van der Waals surface area contributed by atoms with Crippen LogP contribution in [0.1, 0.15) is 39.0 Å².